The van der Waals surface area contributed by atoms with Crippen molar-refractivity contribution < 1.29 is 9.90 Å². The molecule has 1 aliphatic carbocycles. The van der Waals surface area contributed by atoms with Crippen molar-refractivity contribution in [3.8, 4) is 0 Å². The molecule has 1 N–H and O–H groups in total. The molecule has 0 aliphatic heterocycles. The van der Waals surface area contributed by atoms with E-state index in [-0.39, 0.29) is 0 Å². The molecule has 0 amide bonds. The lowest BCUT2D eigenvalue weighted by Crippen LogP contribution is -2.04. The third-order valence-corrected chi connectivity index (χ3v) is 4.27. The van der Waals surface area contributed by atoms with Gasteiger partial charge in [0.2, 0.25) is 0 Å². The lowest BCUT2D eigenvalue weighted by molar-refractivity contribution is 0.0695. The van der Waals surface area contributed by atoms with Crippen LogP contribution in [0.15, 0.2) is 30.5 Å². The highest BCUT2D eigenvalue weighted by atomic mass is 35.5. The number of nitrogens with zero attached hydrogens (tertiary/aromatic N) is 2. The number of hydrogen-bond acceptors (Lipinski definition) is 2. The van der Waals surface area contributed by atoms with Crippen LogP contribution >= 0.6 is 11.6 Å². The molecule has 0 bridgehead atoms. The summed E-state index contributed by atoms with van der Waals surface area (Å²) in [5.41, 5.74) is 2.14. The average Bonchev–Trinajstić information content (AvgIpc) is 3.10. The third-order valence-electron chi connectivity index (χ3n) is 4.02. The fraction of sp³-hybridized carbons (Fsp3) is 0.375. The van der Waals surface area contributed by atoms with Crippen LogP contribution in [0.4, 0.5) is 0 Å². The zero-order valence-corrected chi connectivity index (χ0v) is 12.4. The Bertz CT molecular complexity index is 643. The van der Waals surface area contributed by atoms with E-state index in [1.54, 1.807) is 10.9 Å². The molecule has 0 radical (unpaired) electrons. The van der Waals surface area contributed by atoms with Crippen LogP contribution in [0.5, 0.6) is 0 Å². The largest absolute Gasteiger partial charge is 0.478 e. The van der Waals surface area contributed by atoms with Crippen LogP contribution in [0, 0.1) is 0 Å². The molecule has 3 rings (SSSR count). The highest BCUT2D eigenvalue weighted by Gasteiger charge is 2.26. The zero-order chi connectivity index (χ0) is 14.8. The first kappa shape index (κ1) is 14.1. The minimum absolute atomic E-state index is 0.294. The predicted molar refractivity (Wildman–Crippen MR) is 80.9 cm³/mol. The van der Waals surface area contributed by atoms with Gasteiger partial charge in [-0.2, -0.15) is 5.10 Å². The van der Waals surface area contributed by atoms with Gasteiger partial charge in [0.15, 0.2) is 0 Å². The fourth-order valence-corrected chi connectivity index (χ4v) is 3.09. The van der Waals surface area contributed by atoms with E-state index in [1.165, 1.54) is 0 Å². The summed E-state index contributed by atoms with van der Waals surface area (Å²) in [4.78, 5) is 11.4. The summed E-state index contributed by atoms with van der Waals surface area (Å²) in [6.07, 6.45) is 6.04. The Morgan fingerprint density at radius 2 is 1.95 bits per heavy atom. The third kappa shape index (κ3) is 3.10. The van der Waals surface area contributed by atoms with Crippen molar-refractivity contribution in [3.05, 3.63) is 52.3 Å². The average molecular weight is 305 g/mol. The maximum absolute atomic E-state index is 11.4. The minimum Gasteiger partial charge on any atom is -0.478 e. The zero-order valence-electron chi connectivity index (χ0n) is 11.6. The molecule has 0 spiro atoms. The van der Waals surface area contributed by atoms with E-state index in [9.17, 15) is 9.90 Å². The normalized spacial score (nSPS) is 15.5. The van der Waals surface area contributed by atoms with Crippen LogP contribution in [0.1, 0.15) is 53.2 Å². The van der Waals surface area contributed by atoms with Gasteiger partial charge < -0.3 is 5.11 Å². The second kappa shape index (κ2) is 5.90. The summed E-state index contributed by atoms with van der Waals surface area (Å²) < 4.78 is 1.72. The van der Waals surface area contributed by atoms with Crippen molar-refractivity contribution in [2.24, 2.45) is 0 Å². The van der Waals surface area contributed by atoms with Gasteiger partial charge in [-0.25, -0.2) is 4.79 Å². The van der Waals surface area contributed by atoms with Gasteiger partial charge in [0.1, 0.15) is 5.56 Å². The predicted octanol–water partition coefficient (Wildman–Crippen LogP) is 3.94. The van der Waals surface area contributed by atoms with Gasteiger partial charge in [-0.1, -0.05) is 36.6 Å². The van der Waals surface area contributed by atoms with Crippen molar-refractivity contribution >= 4 is 17.6 Å². The van der Waals surface area contributed by atoms with Gasteiger partial charge in [0, 0.05) is 17.1 Å². The van der Waals surface area contributed by atoms with Crippen LogP contribution in [0.3, 0.4) is 0 Å². The molecule has 5 heteroatoms. The maximum atomic E-state index is 11.4. The molecule has 0 saturated heterocycles. The molecular weight excluding hydrogens is 288 g/mol. The summed E-state index contributed by atoms with van der Waals surface area (Å²) >= 11 is 5.87. The number of rotatable bonds is 4. The van der Waals surface area contributed by atoms with Crippen LogP contribution in [-0.4, -0.2) is 20.9 Å². The lowest BCUT2D eigenvalue weighted by Gasteiger charge is -2.06. The van der Waals surface area contributed by atoms with Gasteiger partial charge in [-0.3, -0.25) is 4.68 Å². The topological polar surface area (TPSA) is 55.1 Å². The number of hydrogen-bond donors (Lipinski definition) is 1. The number of benzene rings is 1. The van der Waals surface area contributed by atoms with Crippen molar-refractivity contribution in [1.29, 1.82) is 0 Å². The van der Waals surface area contributed by atoms with Gasteiger partial charge in [-0.05, 0) is 30.5 Å². The number of carbonyl (C=O) groups is 1. The minimum atomic E-state index is -0.890. The molecule has 1 heterocycles. The molecule has 0 unspecified atom stereocenters. The Balaban J connectivity index is 1.87. The molecule has 4 nitrogen and oxygen atoms in total. The second-order valence-electron chi connectivity index (χ2n) is 5.54. The van der Waals surface area contributed by atoms with Crippen LogP contribution in [-0.2, 0) is 6.54 Å². The van der Waals surface area contributed by atoms with E-state index < -0.39 is 5.97 Å². The van der Waals surface area contributed by atoms with E-state index in [2.05, 4.69) is 5.10 Å². The Labute approximate surface area is 128 Å². The Hall–Kier alpha value is -1.81. The molecule has 2 aromatic rings. The number of halogens is 1. The molecule has 0 atom stereocenters. The fourth-order valence-electron chi connectivity index (χ4n) is 2.96. The first-order valence-corrected chi connectivity index (χ1v) is 7.56. The molecule has 1 fully saturated rings. The van der Waals surface area contributed by atoms with Gasteiger partial charge in [-0.15, -0.1) is 0 Å². The SMILES string of the molecule is O=C(O)c1cn(Cc2ccc(Cl)cc2)nc1C1CCCC1. The number of aromatic nitrogens is 2. The Morgan fingerprint density at radius 3 is 2.57 bits per heavy atom. The number of aromatic carboxylic acids is 1. The summed E-state index contributed by atoms with van der Waals surface area (Å²) in [6.45, 7) is 0.560. The van der Waals surface area contributed by atoms with E-state index >= 15 is 0 Å². The van der Waals surface area contributed by atoms with Crippen molar-refractivity contribution in [1.82, 2.24) is 9.78 Å². The monoisotopic (exact) mass is 304 g/mol. The van der Waals surface area contributed by atoms with E-state index in [0.29, 0.717) is 23.0 Å². The molecule has 1 aromatic carbocycles. The van der Waals surface area contributed by atoms with Gasteiger partial charge in [0.05, 0.1) is 12.2 Å². The van der Waals surface area contributed by atoms with Crippen molar-refractivity contribution in [3.63, 3.8) is 0 Å². The summed E-state index contributed by atoms with van der Waals surface area (Å²) in [7, 11) is 0. The number of carboxylic acids is 1. The molecule has 1 aromatic heterocycles. The first-order chi connectivity index (χ1) is 10.1. The first-order valence-electron chi connectivity index (χ1n) is 7.18. The molecule has 1 saturated carbocycles. The molecular formula is C16H17ClN2O2. The summed E-state index contributed by atoms with van der Waals surface area (Å²) in [6, 6.07) is 7.52. The van der Waals surface area contributed by atoms with Crippen molar-refractivity contribution in [2.75, 3.05) is 0 Å². The van der Waals surface area contributed by atoms with Gasteiger partial charge >= 0.3 is 5.97 Å². The quantitative estimate of drug-likeness (QED) is 0.930. The van der Waals surface area contributed by atoms with Gasteiger partial charge in [0.25, 0.3) is 0 Å². The smallest absolute Gasteiger partial charge is 0.339 e. The molecule has 110 valence electrons. The standard InChI is InChI=1S/C16H17ClN2O2/c17-13-7-5-11(6-8-13)9-19-10-14(16(20)21)15(18-19)12-3-1-2-4-12/h5-8,10,12H,1-4,9H2,(H,20,21). The lowest BCUT2D eigenvalue weighted by atomic mass is 10.0. The Morgan fingerprint density at radius 1 is 1.29 bits per heavy atom. The molecule has 21 heavy (non-hydrogen) atoms. The number of carboxylic acid groups (broad SMARTS) is 1. The van der Waals surface area contributed by atoms with Crippen molar-refractivity contribution in [2.45, 2.75) is 38.1 Å². The van der Waals surface area contributed by atoms with E-state index in [1.807, 2.05) is 24.3 Å². The second-order valence-corrected chi connectivity index (χ2v) is 5.98. The van der Waals surface area contributed by atoms with E-state index in [0.717, 1.165) is 36.9 Å². The highest BCUT2D eigenvalue weighted by molar-refractivity contribution is 6.30. The highest BCUT2D eigenvalue weighted by Crippen LogP contribution is 2.35. The maximum Gasteiger partial charge on any atom is 0.339 e. The molecule has 1 aliphatic rings. The van der Waals surface area contributed by atoms with Crippen LogP contribution < -0.4 is 0 Å². The summed E-state index contributed by atoms with van der Waals surface area (Å²) in [5.74, 6) is -0.596. The van der Waals surface area contributed by atoms with E-state index in [4.69, 9.17) is 11.6 Å². The van der Waals surface area contributed by atoms with Crippen LogP contribution in [0.25, 0.3) is 0 Å². The Kier molecular flexibility index (Phi) is 3.97. The summed E-state index contributed by atoms with van der Waals surface area (Å²) in [5, 5.41) is 14.6. The van der Waals surface area contributed by atoms with Crippen LogP contribution in [0.2, 0.25) is 5.02 Å².